The zero-order valence-electron chi connectivity index (χ0n) is 23.1. The fourth-order valence-electron chi connectivity index (χ4n) is 3.84. The van der Waals surface area contributed by atoms with Gasteiger partial charge in [0.05, 0.1) is 11.8 Å². The Morgan fingerprint density at radius 3 is 2.72 bits per heavy atom. The van der Waals surface area contributed by atoms with E-state index in [1.807, 2.05) is 19.0 Å². The third-order valence-corrected chi connectivity index (χ3v) is 6.20. The van der Waals surface area contributed by atoms with Crippen molar-refractivity contribution in [2.75, 3.05) is 57.5 Å². The highest BCUT2D eigenvalue weighted by atomic mass is 19.1. The largest absolute Gasteiger partial charge is 0.355 e. The van der Waals surface area contributed by atoms with Crippen LogP contribution in [0, 0.1) is 17.8 Å². The fourth-order valence-corrected chi connectivity index (χ4v) is 3.84. The van der Waals surface area contributed by atoms with E-state index in [2.05, 4.69) is 42.3 Å². The van der Waals surface area contributed by atoms with Gasteiger partial charge in [-0.1, -0.05) is 17.9 Å². The normalized spacial score (nSPS) is 13.7. The Labute approximate surface area is 229 Å². The Bertz CT molecular complexity index is 1220. The number of nitrogens with zero attached hydrogens (tertiary/aromatic N) is 6. The number of likely N-dealkylation sites (N-methyl/N-ethyl adjacent to an activating group) is 2. The number of hydrogen-bond donors (Lipinski definition) is 2. The molecule has 0 radical (unpaired) electrons. The Morgan fingerprint density at radius 2 is 2.00 bits per heavy atom. The number of aromatic nitrogens is 3. The van der Waals surface area contributed by atoms with Gasteiger partial charge in [0.2, 0.25) is 23.7 Å². The molecular weight excluding hydrogens is 499 g/mol. The monoisotopic (exact) mass is 536 g/mol. The third-order valence-electron chi connectivity index (χ3n) is 6.20. The van der Waals surface area contributed by atoms with Crippen molar-refractivity contribution in [1.82, 2.24) is 30.1 Å². The summed E-state index contributed by atoms with van der Waals surface area (Å²) in [5.41, 5.74) is 1.24. The molecule has 1 saturated heterocycles. The van der Waals surface area contributed by atoms with E-state index < -0.39 is 12.0 Å². The van der Waals surface area contributed by atoms with E-state index in [4.69, 9.17) is 0 Å². The molecule has 1 fully saturated rings. The average Bonchev–Trinajstić information content (AvgIpc) is 3.45. The van der Waals surface area contributed by atoms with Crippen LogP contribution in [0.15, 0.2) is 36.7 Å². The molecule has 1 atom stereocenters. The highest BCUT2D eigenvalue weighted by Crippen LogP contribution is 2.24. The second-order valence-electron chi connectivity index (χ2n) is 9.60. The lowest BCUT2D eigenvalue weighted by atomic mass is 10.2. The summed E-state index contributed by atoms with van der Waals surface area (Å²) in [5, 5.41) is 5.90. The summed E-state index contributed by atoms with van der Waals surface area (Å²) >= 11 is 0. The first-order valence-corrected chi connectivity index (χ1v) is 13.1. The Morgan fingerprint density at radius 1 is 1.23 bits per heavy atom. The highest BCUT2D eigenvalue weighted by molar-refractivity contribution is 5.92. The molecule has 3 rings (SSSR count). The summed E-state index contributed by atoms with van der Waals surface area (Å²) in [7, 11) is 5.46. The lowest BCUT2D eigenvalue weighted by Crippen LogP contribution is -2.45. The number of rotatable bonds is 11. The zero-order valence-corrected chi connectivity index (χ0v) is 23.1. The Kier molecular flexibility index (Phi) is 11.2. The molecule has 0 aliphatic carbocycles. The van der Waals surface area contributed by atoms with E-state index in [1.54, 1.807) is 32.3 Å². The molecule has 11 heteroatoms. The molecule has 0 saturated carbocycles. The number of anilines is 3. The second-order valence-corrected chi connectivity index (χ2v) is 9.60. The summed E-state index contributed by atoms with van der Waals surface area (Å²) in [5.74, 6) is 6.44. The van der Waals surface area contributed by atoms with Crippen LogP contribution in [-0.4, -0.2) is 89.9 Å². The number of carbonyl (C=O) groups excluding carboxylic acids is 2. The maximum atomic E-state index is 13.4. The van der Waals surface area contributed by atoms with E-state index in [9.17, 15) is 14.0 Å². The van der Waals surface area contributed by atoms with Crippen LogP contribution in [-0.2, 0) is 9.59 Å². The van der Waals surface area contributed by atoms with Crippen molar-refractivity contribution in [1.29, 1.82) is 0 Å². The number of unbranched alkanes of at least 4 members (excludes halogenated alkanes) is 1. The zero-order chi connectivity index (χ0) is 28.2. The average molecular weight is 537 g/mol. The molecule has 3 heterocycles. The summed E-state index contributed by atoms with van der Waals surface area (Å²) < 4.78 is 13.4. The maximum absolute atomic E-state index is 13.4. The van der Waals surface area contributed by atoms with Crippen molar-refractivity contribution < 1.29 is 14.0 Å². The van der Waals surface area contributed by atoms with Gasteiger partial charge in [0, 0.05) is 63.7 Å². The molecular formula is C28H37FN8O2. The summed E-state index contributed by atoms with van der Waals surface area (Å²) in [4.78, 5) is 42.9. The molecule has 208 valence electrons. The SMILES string of the molecule is C[C@@H](C(=O)NCCCC#Cc1cnc(Nc2ccnc(F)c2)nc1N1CCCC1)N(C)C(=O)/C=C/CN(C)C. The number of hydrogen-bond acceptors (Lipinski definition) is 8. The van der Waals surface area contributed by atoms with Crippen molar-refractivity contribution >= 4 is 29.3 Å². The molecule has 0 bridgehead atoms. The maximum Gasteiger partial charge on any atom is 0.246 e. The van der Waals surface area contributed by atoms with Gasteiger partial charge in [-0.3, -0.25) is 9.59 Å². The van der Waals surface area contributed by atoms with Gasteiger partial charge in [-0.25, -0.2) is 9.97 Å². The van der Waals surface area contributed by atoms with E-state index in [0.29, 0.717) is 37.6 Å². The summed E-state index contributed by atoms with van der Waals surface area (Å²) in [6.07, 6.45) is 9.73. The smallest absolute Gasteiger partial charge is 0.246 e. The van der Waals surface area contributed by atoms with Crippen LogP contribution in [0.3, 0.4) is 0 Å². The molecule has 0 unspecified atom stereocenters. The fraction of sp³-hybridized carbons (Fsp3) is 0.464. The van der Waals surface area contributed by atoms with Crippen LogP contribution in [0.2, 0.25) is 0 Å². The van der Waals surface area contributed by atoms with Crippen LogP contribution in [0.5, 0.6) is 0 Å². The molecule has 2 N–H and O–H groups in total. The number of carbonyl (C=O) groups is 2. The predicted octanol–water partition coefficient (Wildman–Crippen LogP) is 2.57. The van der Waals surface area contributed by atoms with Gasteiger partial charge in [-0.15, -0.1) is 0 Å². The molecule has 1 aliphatic rings. The van der Waals surface area contributed by atoms with Gasteiger partial charge in [0.15, 0.2) is 0 Å². The van der Waals surface area contributed by atoms with Crippen molar-refractivity contribution in [2.24, 2.45) is 0 Å². The summed E-state index contributed by atoms with van der Waals surface area (Å²) in [6, 6.07) is 2.35. The van der Waals surface area contributed by atoms with Gasteiger partial charge < -0.3 is 25.3 Å². The van der Waals surface area contributed by atoms with Crippen LogP contribution in [0.4, 0.5) is 21.8 Å². The highest BCUT2D eigenvalue weighted by Gasteiger charge is 2.20. The second kappa shape index (κ2) is 14.8. The van der Waals surface area contributed by atoms with E-state index in [1.165, 1.54) is 23.2 Å². The Balaban J connectivity index is 1.52. The van der Waals surface area contributed by atoms with E-state index in [-0.39, 0.29) is 11.8 Å². The topological polar surface area (TPSA) is 107 Å². The first-order chi connectivity index (χ1) is 18.7. The first kappa shape index (κ1) is 29.5. The minimum absolute atomic E-state index is 0.207. The number of pyridine rings is 1. The quantitative estimate of drug-likeness (QED) is 0.195. The van der Waals surface area contributed by atoms with Gasteiger partial charge >= 0.3 is 0 Å². The van der Waals surface area contributed by atoms with Crippen LogP contribution in [0.1, 0.15) is 38.2 Å². The Hall–Kier alpha value is -4.04. The number of amides is 2. The van der Waals surface area contributed by atoms with Crippen LogP contribution < -0.4 is 15.5 Å². The molecule has 2 aromatic rings. The molecule has 39 heavy (non-hydrogen) atoms. The van der Waals surface area contributed by atoms with Gasteiger partial charge in [0.1, 0.15) is 11.9 Å². The molecule has 1 aliphatic heterocycles. The van der Waals surface area contributed by atoms with Crippen LogP contribution in [0.25, 0.3) is 0 Å². The minimum Gasteiger partial charge on any atom is -0.355 e. The van der Waals surface area contributed by atoms with Crippen molar-refractivity contribution in [3.8, 4) is 11.8 Å². The standard InChI is InChI=1S/C28H37FN8O2/c1-21(36(4)25(38)12-10-16-35(2)3)27(39)31-14-7-5-6-11-22-20-32-28(33-23-13-15-30-24(29)19-23)34-26(22)37-17-8-9-18-37/h10,12-13,15,19-21H,5,7-9,14,16-18H2,1-4H3,(H,31,39)(H,30,32,33,34)/b12-10+/t21-/m0/s1. The van der Waals surface area contributed by atoms with Crippen molar-refractivity contribution in [2.45, 2.75) is 38.6 Å². The number of nitrogens with one attached hydrogen (secondary N) is 2. The van der Waals surface area contributed by atoms with Crippen LogP contribution >= 0.6 is 0 Å². The van der Waals surface area contributed by atoms with Gasteiger partial charge in [0.25, 0.3) is 0 Å². The lowest BCUT2D eigenvalue weighted by molar-refractivity contribution is -0.135. The lowest BCUT2D eigenvalue weighted by Gasteiger charge is -2.23. The summed E-state index contributed by atoms with van der Waals surface area (Å²) in [6.45, 7) is 4.59. The predicted molar refractivity (Wildman–Crippen MR) is 150 cm³/mol. The minimum atomic E-state index is -0.582. The number of halogens is 1. The molecule has 2 aromatic heterocycles. The van der Waals surface area contributed by atoms with Crippen molar-refractivity contribution in [3.63, 3.8) is 0 Å². The van der Waals surface area contributed by atoms with Gasteiger partial charge in [-0.05, 0) is 46.3 Å². The van der Waals surface area contributed by atoms with Crippen molar-refractivity contribution in [3.05, 3.63) is 48.2 Å². The first-order valence-electron chi connectivity index (χ1n) is 13.1. The third kappa shape index (κ3) is 9.33. The van der Waals surface area contributed by atoms with E-state index in [0.717, 1.165) is 37.3 Å². The van der Waals surface area contributed by atoms with E-state index >= 15 is 0 Å². The molecule has 10 nitrogen and oxygen atoms in total. The molecule has 2 amide bonds. The van der Waals surface area contributed by atoms with Gasteiger partial charge in [-0.2, -0.15) is 9.37 Å². The molecule has 0 aromatic carbocycles. The molecule has 0 spiro atoms.